The molecule has 0 aromatic heterocycles. The third kappa shape index (κ3) is 3.87. The van der Waals surface area contributed by atoms with E-state index in [2.05, 4.69) is 30.8 Å². The molecule has 1 saturated heterocycles. The highest BCUT2D eigenvalue weighted by Gasteiger charge is 2.30. The van der Waals surface area contributed by atoms with Crippen molar-refractivity contribution in [2.75, 3.05) is 46.1 Å². The number of nitrogens with zero attached hydrogens (tertiary/aromatic N) is 2. The number of anilines is 1. The number of ether oxygens (including phenoxy) is 1. The molecule has 0 spiro atoms. The molecule has 1 aliphatic rings. The van der Waals surface area contributed by atoms with Gasteiger partial charge in [0.15, 0.2) is 0 Å². The largest absolute Gasteiger partial charge is 0.491 e. The Labute approximate surface area is 122 Å². The second kappa shape index (κ2) is 6.95. The number of hydrogen-bond acceptors (Lipinski definition) is 4. The van der Waals surface area contributed by atoms with Crippen LogP contribution < -0.4 is 10.5 Å². The van der Waals surface area contributed by atoms with E-state index in [9.17, 15) is 0 Å². The van der Waals surface area contributed by atoms with Gasteiger partial charge in [0, 0.05) is 25.7 Å². The van der Waals surface area contributed by atoms with E-state index in [1.807, 2.05) is 24.3 Å². The molecule has 0 bridgehead atoms. The van der Waals surface area contributed by atoms with Crippen LogP contribution in [0.1, 0.15) is 13.3 Å². The summed E-state index contributed by atoms with van der Waals surface area (Å²) in [6.07, 6.45) is 1.04. The van der Waals surface area contributed by atoms with Crippen molar-refractivity contribution in [1.82, 2.24) is 9.80 Å². The number of nitrogens with two attached hydrogens (primary N) is 1. The summed E-state index contributed by atoms with van der Waals surface area (Å²) < 4.78 is 5.74. The molecule has 4 heteroatoms. The molecule has 20 heavy (non-hydrogen) atoms. The van der Waals surface area contributed by atoms with Crippen LogP contribution in [0.2, 0.25) is 0 Å². The molecule has 0 aliphatic carbocycles. The van der Waals surface area contributed by atoms with Gasteiger partial charge >= 0.3 is 0 Å². The number of benzene rings is 1. The number of hydrogen-bond donors (Lipinski definition) is 1. The van der Waals surface area contributed by atoms with Crippen LogP contribution in [0, 0.1) is 5.92 Å². The normalized spacial score (nSPS) is 23.4. The monoisotopic (exact) mass is 277 g/mol. The Morgan fingerprint density at radius 2 is 2.05 bits per heavy atom. The summed E-state index contributed by atoms with van der Waals surface area (Å²) in [6, 6.07) is 8.36. The molecule has 1 aliphatic heterocycles. The topological polar surface area (TPSA) is 41.7 Å². The van der Waals surface area contributed by atoms with E-state index in [1.165, 1.54) is 13.1 Å². The Kier molecular flexibility index (Phi) is 5.26. The number of nitrogen functional groups attached to an aromatic ring is 1. The zero-order valence-electron chi connectivity index (χ0n) is 12.9. The van der Waals surface area contributed by atoms with Crippen LogP contribution in [0.4, 0.5) is 5.69 Å². The van der Waals surface area contributed by atoms with Crippen LogP contribution in [-0.2, 0) is 0 Å². The SMILES string of the molecule is CC1CN(CCCOc2ccccc2N)CC1N(C)C. The summed E-state index contributed by atoms with van der Waals surface area (Å²) >= 11 is 0. The third-order valence-corrected chi connectivity index (χ3v) is 4.11. The van der Waals surface area contributed by atoms with Gasteiger partial charge in [-0.2, -0.15) is 0 Å². The van der Waals surface area contributed by atoms with Crippen molar-refractivity contribution < 1.29 is 4.74 Å². The van der Waals surface area contributed by atoms with Gasteiger partial charge in [-0.05, 0) is 38.6 Å². The minimum atomic E-state index is 0.681. The van der Waals surface area contributed by atoms with Gasteiger partial charge in [0.2, 0.25) is 0 Å². The van der Waals surface area contributed by atoms with Crippen molar-refractivity contribution in [3.05, 3.63) is 24.3 Å². The fourth-order valence-corrected chi connectivity index (χ4v) is 2.99. The van der Waals surface area contributed by atoms with Gasteiger partial charge < -0.3 is 20.3 Å². The molecule has 1 aromatic carbocycles. The molecule has 112 valence electrons. The van der Waals surface area contributed by atoms with Crippen molar-refractivity contribution in [3.63, 3.8) is 0 Å². The first-order valence-electron chi connectivity index (χ1n) is 7.44. The molecule has 0 radical (unpaired) electrons. The Morgan fingerprint density at radius 3 is 2.70 bits per heavy atom. The minimum absolute atomic E-state index is 0.681. The van der Waals surface area contributed by atoms with Gasteiger partial charge in [-0.3, -0.25) is 0 Å². The summed E-state index contributed by atoms with van der Waals surface area (Å²) in [6.45, 7) is 6.52. The van der Waals surface area contributed by atoms with E-state index in [0.29, 0.717) is 6.04 Å². The molecule has 2 atom stereocenters. The van der Waals surface area contributed by atoms with Crippen LogP contribution in [0.25, 0.3) is 0 Å². The van der Waals surface area contributed by atoms with Crippen molar-refractivity contribution >= 4 is 5.69 Å². The summed E-state index contributed by atoms with van der Waals surface area (Å²) in [5.74, 6) is 1.55. The predicted molar refractivity (Wildman–Crippen MR) is 84.0 cm³/mol. The Bertz CT molecular complexity index is 422. The highest BCUT2D eigenvalue weighted by atomic mass is 16.5. The van der Waals surface area contributed by atoms with Crippen molar-refractivity contribution in [2.45, 2.75) is 19.4 Å². The lowest BCUT2D eigenvalue weighted by Gasteiger charge is -2.22. The zero-order chi connectivity index (χ0) is 14.5. The molecular formula is C16H27N3O. The molecular weight excluding hydrogens is 250 g/mol. The third-order valence-electron chi connectivity index (χ3n) is 4.11. The second-order valence-electron chi connectivity index (χ2n) is 6.01. The molecule has 2 unspecified atom stereocenters. The molecule has 4 nitrogen and oxygen atoms in total. The summed E-state index contributed by atoms with van der Waals surface area (Å²) in [4.78, 5) is 4.87. The summed E-state index contributed by atoms with van der Waals surface area (Å²) in [7, 11) is 4.35. The van der Waals surface area contributed by atoms with E-state index in [1.54, 1.807) is 0 Å². The predicted octanol–water partition coefficient (Wildman–Crippen LogP) is 1.92. The van der Waals surface area contributed by atoms with Crippen molar-refractivity contribution in [3.8, 4) is 5.75 Å². The summed E-state index contributed by atoms with van der Waals surface area (Å²) in [5, 5.41) is 0. The Balaban J connectivity index is 1.68. The van der Waals surface area contributed by atoms with E-state index in [4.69, 9.17) is 10.5 Å². The smallest absolute Gasteiger partial charge is 0.142 e. The lowest BCUT2D eigenvalue weighted by Crippen LogP contribution is -2.34. The quantitative estimate of drug-likeness (QED) is 0.637. The van der Waals surface area contributed by atoms with Gasteiger partial charge in [-0.1, -0.05) is 19.1 Å². The maximum atomic E-state index is 5.85. The Hall–Kier alpha value is -1.26. The highest BCUT2D eigenvalue weighted by Crippen LogP contribution is 2.21. The standard InChI is InChI=1S/C16H27N3O/c1-13-11-19(12-15(13)18(2)3)9-6-10-20-16-8-5-4-7-14(16)17/h4-5,7-8,13,15H,6,9-12,17H2,1-3H3. The molecule has 2 rings (SSSR count). The summed E-state index contributed by atoms with van der Waals surface area (Å²) in [5.41, 5.74) is 6.57. The van der Waals surface area contributed by atoms with Crippen LogP contribution in [0.15, 0.2) is 24.3 Å². The molecule has 1 heterocycles. The number of likely N-dealkylation sites (N-methyl/N-ethyl adjacent to an activating group) is 1. The number of rotatable bonds is 6. The van der Waals surface area contributed by atoms with Gasteiger partial charge in [0.25, 0.3) is 0 Å². The fraction of sp³-hybridized carbons (Fsp3) is 0.625. The molecule has 0 amide bonds. The van der Waals surface area contributed by atoms with Crippen LogP contribution in [0.3, 0.4) is 0 Å². The average Bonchev–Trinajstić information content (AvgIpc) is 2.78. The van der Waals surface area contributed by atoms with Gasteiger partial charge in [-0.15, -0.1) is 0 Å². The van der Waals surface area contributed by atoms with E-state index >= 15 is 0 Å². The fourth-order valence-electron chi connectivity index (χ4n) is 2.99. The van der Waals surface area contributed by atoms with Gasteiger partial charge in [0.05, 0.1) is 12.3 Å². The average molecular weight is 277 g/mol. The van der Waals surface area contributed by atoms with E-state index < -0.39 is 0 Å². The maximum Gasteiger partial charge on any atom is 0.142 e. The number of likely N-dealkylation sites (tertiary alicyclic amines) is 1. The van der Waals surface area contributed by atoms with Crippen molar-refractivity contribution in [2.24, 2.45) is 5.92 Å². The molecule has 2 N–H and O–H groups in total. The lowest BCUT2D eigenvalue weighted by molar-refractivity contribution is 0.239. The van der Waals surface area contributed by atoms with Crippen molar-refractivity contribution in [1.29, 1.82) is 0 Å². The van der Waals surface area contributed by atoms with Gasteiger partial charge in [-0.25, -0.2) is 0 Å². The highest BCUT2D eigenvalue weighted by molar-refractivity contribution is 5.51. The maximum absolute atomic E-state index is 5.85. The Morgan fingerprint density at radius 1 is 1.30 bits per heavy atom. The molecule has 0 saturated carbocycles. The van der Waals surface area contributed by atoms with Crippen LogP contribution in [0.5, 0.6) is 5.75 Å². The van der Waals surface area contributed by atoms with Crippen LogP contribution >= 0.6 is 0 Å². The van der Waals surface area contributed by atoms with Crippen LogP contribution in [-0.4, -0.2) is 56.2 Å². The first kappa shape index (κ1) is 15.1. The lowest BCUT2D eigenvalue weighted by atomic mass is 10.1. The first-order chi connectivity index (χ1) is 9.58. The molecule has 1 fully saturated rings. The second-order valence-corrected chi connectivity index (χ2v) is 6.01. The van der Waals surface area contributed by atoms with Gasteiger partial charge in [0.1, 0.15) is 5.75 Å². The zero-order valence-corrected chi connectivity index (χ0v) is 12.9. The minimum Gasteiger partial charge on any atom is -0.491 e. The molecule has 1 aromatic rings. The number of para-hydroxylation sites is 2. The van der Waals surface area contributed by atoms with E-state index in [0.717, 1.165) is 36.9 Å². The van der Waals surface area contributed by atoms with E-state index in [-0.39, 0.29) is 0 Å². The first-order valence-corrected chi connectivity index (χ1v) is 7.44.